The fraction of sp³-hybridized carbons (Fsp3) is 0.217. The van der Waals surface area contributed by atoms with Crippen LogP contribution in [0.4, 0.5) is 5.00 Å². The van der Waals surface area contributed by atoms with Gasteiger partial charge in [-0.3, -0.25) is 10.1 Å². The molecule has 2 aromatic heterocycles. The Hall–Kier alpha value is -3.02. The van der Waals surface area contributed by atoms with Crippen molar-refractivity contribution in [1.29, 1.82) is 0 Å². The van der Waals surface area contributed by atoms with Crippen LogP contribution >= 0.6 is 39.5 Å². The first-order chi connectivity index (χ1) is 16.2. The summed E-state index contributed by atoms with van der Waals surface area (Å²) in [6.45, 7) is 5.33. The maximum atomic E-state index is 12.6. The van der Waals surface area contributed by atoms with Crippen molar-refractivity contribution in [2.24, 2.45) is 0 Å². The first-order valence-corrected chi connectivity index (χ1v) is 12.2. The zero-order chi connectivity index (χ0) is 24.8. The van der Waals surface area contributed by atoms with Crippen LogP contribution in [0.2, 0.25) is 0 Å². The molecule has 0 aliphatic heterocycles. The lowest BCUT2D eigenvalue weighted by molar-refractivity contribution is 0.0527. The van der Waals surface area contributed by atoms with Crippen molar-refractivity contribution >= 4 is 67.4 Å². The lowest BCUT2D eigenvalue weighted by Gasteiger charge is -2.09. The highest BCUT2D eigenvalue weighted by Crippen LogP contribution is 2.34. The number of hydrogen-bond donors (Lipinski definition) is 2. The lowest BCUT2D eigenvalue weighted by atomic mass is 10.1. The summed E-state index contributed by atoms with van der Waals surface area (Å²) in [4.78, 5) is 37.7. The number of hydrogen-bond acceptors (Lipinski definition) is 8. The summed E-state index contributed by atoms with van der Waals surface area (Å²) in [6, 6.07) is 10.7. The van der Waals surface area contributed by atoms with Crippen molar-refractivity contribution in [3.63, 3.8) is 0 Å². The molecule has 11 heteroatoms. The molecule has 0 radical (unpaired) electrons. The normalized spacial score (nSPS) is 10.5. The number of carbonyl (C=O) groups is 3. The molecule has 0 atom stereocenters. The maximum absolute atomic E-state index is 12.6. The van der Waals surface area contributed by atoms with Gasteiger partial charge in [-0.25, -0.2) is 9.59 Å². The summed E-state index contributed by atoms with van der Waals surface area (Å²) in [6.07, 6.45) is 0. The molecule has 0 fully saturated rings. The molecule has 2 heterocycles. The van der Waals surface area contributed by atoms with E-state index in [1.807, 2.05) is 24.3 Å². The molecule has 0 aliphatic carbocycles. The van der Waals surface area contributed by atoms with Gasteiger partial charge in [0.25, 0.3) is 5.91 Å². The van der Waals surface area contributed by atoms with Crippen LogP contribution in [0.25, 0.3) is 11.3 Å². The molecular formula is C23H21BrN2O6S2. The summed E-state index contributed by atoms with van der Waals surface area (Å²) < 4.78 is 16.8. The quantitative estimate of drug-likeness (QED) is 0.283. The van der Waals surface area contributed by atoms with Gasteiger partial charge in [-0.05, 0) is 62.8 Å². The Bertz CT molecular complexity index is 1230. The zero-order valence-electron chi connectivity index (χ0n) is 18.5. The van der Waals surface area contributed by atoms with Gasteiger partial charge in [0.15, 0.2) is 10.9 Å². The minimum Gasteiger partial charge on any atom is -0.462 e. The number of thiocarbonyl (C=S) groups is 1. The predicted octanol–water partition coefficient (Wildman–Crippen LogP) is 5.56. The molecule has 0 spiro atoms. The van der Waals surface area contributed by atoms with E-state index in [1.54, 1.807) is 26.8 Å². The Balaban J connectivity index is 1.76. The monoisotopic (exact) mass is 564 g/mol. The fourth-order valence-electron chi connectivity index (χ4n) is 2.97. The summed E-state index contributed by atoms with van der Waals surface area (Å²) in [5.41, 5.74) is 1.37. The van der Waals surface area contributed by atoms with Gasteiger partial charge in [0, 0.05) is 10.0 Å². The van der Waals surface area contributed by atoms with Crippen LogP contribution in [0, 0.1) is 6.92 Å². The zero-order valence-corrected chi connectivity index (χ0v) is 21.7. The number of thiophene rings is 1. The van der Waals surface area contributed by atoms with Gasteiger partial charge in [-0.2, -0.15) is 0 Å². The van der Waals surface area contributed by atoms with Crippen molar-refractivity contribution < 1.29 is 28.3 Å². The molecule has 2 N–H and O–H groups in total. The van der Waals surface area contributed by atoms with Gasteiger partial charge in [0.05, 0.1) is 18.8 Å². The third-order valence-corrected chi connectivity index (χ3v) is 6.42. The number of amides is 1. The molecule has 8 nitrogen and oxygen atoms in total. The highest BCUT2D eigenvalue weighted by Gasteiger charge is 2.27. The van der Waals surface area contributed by atoms with E-state index < -0.39 is 17.8 Å². The third-order valence-electron chi connectivity index (χ3n) is 4.50. The number of rotatable bonds is 7. The van der Waals surface area contributed by atoms with Crippen LogP contribution in [-0.2, 0) is 9.47 Å². The van der Waals surface area contributed by atoms with Crippen LogP contribution in [0.5, 0.6) is 0 Å². The van der Waals surface area contributed by atoms with E-state index in [0.717, 1.165) is 21.4 Å². The van der Waals surface area contributed by atoms with E-state index in [0.29, 0.717) is 11.3 Å². The predicted molar refractivity (Wildman–Crippen MR) is 136 cm³/mol. The van der Waals surface area contributed by atoms with Gasteiger partial charge >= 0.3 is 11.9 Å². The number of furan rings is 1. The minimum absolute atomic E-state index is 0.0576. The van der Waals surface area contributed by atoms with Gasteiger partial charge in [0.2, 0.25) is 0 Å². The van der Waals surface area contributed by atoms with E-state index in [4.69, 9.17) is 26.1 Å². The van der Waals surface area contributed by atoms with Gasteiger partial charge < -0.3 is 19.2 Å². The fourth-order valence-corrected chi connectivity index (χ4v) is 4.59. The molecule has 0 saturated carbocycles. The van der Waals surface area contributed by atoms with Crippen molar-refractivity contribution in [2.45, 2.75) is 20.8 Å². The molecule has 0 unspecified atom stereocenters. The van der Waals surface area contributed by atoms with E-state index >= 15 is 0 Å². The topological polar surface area (TPSA) is 107 Å². The molecular weight excluding hydrogens is 544 g/mol. The Morgan fingerprint density at radius 1 is 1.03 bits per heavy atom. The van der Waals surface area contributed by atoms with Crippen LogP contribution in [0.1, 0.15) is 50.0 Å². The number of ether oxygens (including phenoxy) is 2. The standard InChI is InChI=1S/C23H21BrN2O6S2/c1-4-30-21(28)17-12(3)18(22(29)31-5-2)34-20(17)26-23(33)25-19(27)16-11-10-15(32-16)13-6-8-14(24)9-7-13/h6-11H,4-5H2,1-3H3,(H2,25,26,27,33). The molecule has 0 saturated heterocycles. The van der Waals surface area contributed by atoms with Crippen molar-refractivity contribution in [3.05, 3.63) is 62.6 Å². The SMILES string of the molecule is CCOC(=O)c1sc(NC(=S)NC(=O)c2ccc(-c3ccc(Br)cc3)o2)c(C(=O)OCC)c1C. The number of nitrogens with one attached hydrogen (secondary N) is 2. The molecule has 1 amide bonds. The lowest BCUT2D eigenvalue weighted by Crippen LogP contribution is -2.34. The smallest absolute Gasteiger partial charge is 0.348 e. The largest absolute Gasteiger partial charge is 0.462 e. The van der Waals surface area contributed by atoms with Crippen molar-refractivity contribution in [3.8, 4) is 11.3 Å². The van der Waals surface area contributed by atoms with E-state index in [2.05, 4.69) is 26.6 Å². The Labute approximate surface area is 213 Å². The van der Waals surface area contributed by atoms with E-state index in [9.17, 15) is 14.4 Å². The molecule has 3 rings (SSSR count). The first-order valence-electron chi connectivity index (χ1n) is 10.2. The number of benzene rings is 1. The highest BCUT2D eigenvalue weighted by atomic mass is 79.9. The van der Waals surface area contributed by atoms with Crippen LogP contribution < -0.4 is 10.6 Å². The Kier molecular flexibility index (Phi) is 8.59. The Morgan fingerprint density at radius 2 is 1.68 bits per heavy atom. The van der Waals surface area contributed by atoms with Crippen LogP contribution in [0.3, 0.4) is 0 Å². The summed E-state index contributed by atoms with van der Waals surface area (Å²) in [5.74, 6) is -1.17. The summed E-state index contributed by atoms with van der Waals surface area (Å²) in [5, 5.41) is 5.52. The van der Waals surface area contributed by atoms with E-state index in [1.165, 1.54) is 6.07 Å². The van der Waals surface area contributed by atoms with Crippen molar-refractivity contribution in [2.75, 3.05) is 18.5 Å². The average Bonchev–Trinajstić information content (AvgIpc) is 3.40. The number of esters is 2. The molecule has 0 aliphatic rings. The van der Waals surface area contributed by atoms with Crippen LogP contribution in [0.15, 0.2) is 45.3 Å². The average molecular weight is 565 g/mol. The van der Waals surface area contributed by atoms with Gasteiger partial charge in [-0.1, -0.05) is 28.1 Å². The minimum atomic E-state index is -0.617. The first kappa shape index (κ1) is 25.6. The summed E-state index contributed by atoms with van der Waals surface area (Å²) in [7, 11) is 0. The molecule has 3 aromatic rings. The molecule has 178 valence electrons. The Morgan fingerprint density at radius 3 is 2.32 bits per heavy atom. The maximum Gasteiger partial charge on any atom is 0.348 e. The van der Waals surface area contributed by atoms with Crippen LogP contribution in [-0.4, -0.2) is 36.2 Å². The second-order valence-corrected chi connectivity index (χ2v) is 9.12. The van der Waals surface area contributed by atoms with Gasteiger partial charge in [-0.15, -0.1) is 11.3 Å². The molecule has 0 bridgehead atoms. The van der Waals surface area contributed by atoms with Gasteiger partial charge in [0.1, 0.15) is 15.6 Å². The van der Waals surface area contributed by atoms with Crippen molar-refractivity contribution in [1.82, 2.24) is 5.32 Å². The number of carbonyl (C=O) groups excluding carboxylic acids is 3. The molecule has 34 heavy (non-hydrogen) atoms. The second kappa shape index (κ2) is 11.4. The third kappa shape index (κ3) is 5.91. The number of anilines is 1. The van der Waals surface area contributed by atoms with E-state index in [-0.39, 0.29) is 39.5 Å². The molecule has 1 aromatic carbocycles. The summed E-state index contributed by atoms with van der Waals surface area (Å²) >= 11 is 9.62. The second-order valence-electron chi connectivity index (χ2n) is 6.78. The number of halogens is 1. The highest BCUT2D eigenvalue weighted by molar-refractivity contribution is 9.10.